The Kier molecular flexibility index (Phi) is 3.35. The minimum Gasteiger partial charge on any atom is -0.481 e. The Hall–Kier alpha value is -1.30. The largest absolute Gasteiger partial charge is 0.481 e. The van der Waals surface area contributed by atoms with Gasteiger partial charge in [0.05, 0.1) is 5.92 Å². The van der Waals surface area contributed by atoms with E-state index in [2.05, 4.69) is 10.6 Å². The van der Waals surface area contributed by atoms with Crippen LogP contribution in [-0.4, -0.2) is 53.2 Å². The minimum absolute atomic E-state index is 0.0526. The van der Waals surface area contributed by atoms with E-state index >= 15 is 0 Å². The highest BCUT2D eigenvalue weighted by molar-refractivity contribution is 5.79. The summed E-state index contributed by atoms with van der Waals surface area (Å²) in [6, 6.07) is 0.220. The maximum Gasteiger partial charge on any atom is 0.318 e. The molecular formula is C13H21N3O3. The first-order chi connectivity index (χ1) is 9.16. The molecule has 3 aliphatic rings. The number of aliphatic carboxylic acids is 1. The topological polar surface area (TPSA) is 81.7 Å². The number of hydrogen-bond acceptors (Lipinski definition) is 3. The van der Waals surface area contributed by atoms with Crippen molar-refractivity contribution in [1.82, 2.24) is 15.5 Å². The highest BCUT2D eigenvalue weighted by atomic mass is 16.4. The van der Waals surface area contributed by atoms with E-state index in [1.807, 2.05) is 0 Å². The lowest BCUT2D eigenvalue weighted by Crippen LogP contribution is -2.50. The van der Waals surface area contributed by atoms with Gasteiger partial charge in [0.15, 0.2) is 0 Å². The lowest BCUT2D eigenvalue weighted by molar-refractivity contribution is -0.142. The number of piperidine rings is 1. The van der Waals surface area contributed by atoms with Crippen molar-refractivity contribution < 1.29 is 14.7 Å². The fourth-order valence-corrected chi connectivity index (χ4v) is 3.79. The Balaban J connectivity index is 1.62. The van der Waals surface area contributed by atoms with Gasteiger partial charge in [-0.1, -0.05) is 0 Å². The number of urea groups is 1. The van der Waals surface area contributed by atoms with Crippen molar-refractivity contribution in [2.24, 2.45) is 5.92 Å². The number of carbonyl (C=O) groups excluding carboxylic acids is 1. The Bertz CT molecular complexity index is 381. The molecule has 3 unspecified atom stereocenters. The molecule has 3 N–H and O–H groups in total. The fourth-order valence-electron chi connectivity index (χ4n) is 3.79. The van der Waals surface area contributed by atoms with E-state index in [4.69, 9.17) is 0 Å². The van der Waals surface area contributed by atoms with E-state index in [1.165, 1.54) is 0 Å². The summed E-state index contributed by atoms with van der Waals surface area (Å²) in [4.78, 5) is 25.3. The Labute approximate surface area is 112 Å². The zero-order valence-corrected chi connectivity index (χ0v) is 11.0. The van der Waals surface area contributed by atoms with Crippen LogP contribution in [0, 0.1) is 5.92 Å². The van der Waals surface area contributed by atoms with E-state index in [1.54, 1.807) is 4.90 Å². The number of amides is 2. The molecule has 2 amide bonds. The van der Waals surface area contributed by atoms with E-state index in [9.17, 15) is 14.7 Å². The molecule has 106 valence electrons. The molecule has 0 radical (unpaired) electrons. The standard InChI is InChI=1S/C13H21N3O3/c17-12(18)10-7-9-1-2-11(10)16(9)13(19)15-8-3-5-14-6-4-8/h8-11,14H,1-7H2,(H,15,19)(H,17,18). The number of rotatable bonds is 2. The van der Waals surface area contributed by atoms with Gasteiger partial charge in [0.25, 0.3) is 0 Å². The number of nitrogens with zero attached hydrogens (tertiary/aromatic N) is 1. The minimum atomic E-state index is -0.758. The molecule has 3 fully saturated rings. The third-order valence-electron chi connectivity index (χ3n) is 4.76. The monoisotopic (exact) mass is 267 g/mol. The van der Waals surface area contributed by atoms with E-state index < -0.39 is 5.97 Å². The van der Waals surface area contributed by atoms with E-state index in [-0.39, 0.29) is 30.1 Å². The van der Waals surface area contributed by atoms with Gasteiger partial charge >= 0.3 is 12.0 Å². The number of carboxylic acid groups (broad SMARTS) is 1. The van der Waals surface area contributed by atoms with Crippen molar-refractivity contribution in [1.29, 1.82) is 0 Å². The molecule has 2 bridgehead atoms. The lowest BCUT2D eigenvalue weighted by Gasteiger charge is -2.29. The van der Waals surface area contributed by atoms with Crippen molar-refractivity contribution in [2.75, 3.05) is 13.1 Å². The van der Waals surface area contributed by atoms with Crippen molar-refractivity contribution in [2.45, 2.75) is 50.2 Å². The molecule has 3 saturated heterocycles. The van der Waals surface area contributed by atoms with E-state index in [0.29, 0.717) is 6.42 Å². The molecule has 0 aromatic carbocycles. The number of carbonyl (C=O) groups is 2. The fraction of sp³-hybridized carbons (Fsp3) is 0.846. The van der Waals surface area contributed by atoms with Crippen LogP contribution in [0.5, 0.6) is 0 Å². The van der Waals surface area contributed by atoms with Crippen LogP contribution < -0.4 is 10.6 Å². The second kappa shape index (κ2) is 5.00. The van der Waals surface area contributed by atoms with Crippen molar-refractivity contribution in [3.05, 3.63) is 0 Å². The predicted molar refractivity (Wildman–Crippen MR) is 68.8 cm³/mol. The smallest absolute Gasteiger partial charge is 0.318 e. The second-order valence-electron chi connectivity index (χ2n) is 5.86. The molecule has 3 rings (SSSR count). The Morgan fingerprint density at radius 1 is 1.16 bits per heavy atom. The summed E-state index contributed by atoms with van der Waals surface area (Å²) in [7, 11) is 0. The normalized spacial score (nSPS) is 34.5. The molecular weight excluding hydrogens is 246 g/mol. The molecule has 3 atom stereocenters. The maximum atomic E-state index is 12.3. The SMILES string of the molecule is O=C(O)C1CC2CCC1N2C(=O)NC1CCNCC1. The van der Waals surface area contributed by atoms with Crippen LogP contribution in [0.4, 0.5) is 4.79 Å². The number of fused-ring (bicyclic) bond motifs is 2. The average Bonchev–Trinajstić information content (AvgIpc) is 2.97. The predicted octanol–water partition coefficient (Wildman–Crippen LogP) is 0.386. The molecule has 0 aromatic heterocycles. The summed E-state index contributed by atoms with van der Waals surface area (Å²) in [5.41, 5.74) is 0. The Morgan fingerprint density at radius 2 is 1.89 bits per heavy atom. The molecule has 19 heavy (non-hydrogen) atoms. The van der Waals surface area contributed by atoms with Crippen LogP contribution in [0.15, 0.2) is 0 Å². The first-order valence-electron chi connectivity index (χ1n) is 7.19. The molecule has 6 heteroatoms. The van der Waals surface area contributed by atoms with Crippen molar-refractivity contribution in [3.63, 3.8) is 0 Å². The summed E-state index contributed by atoms with van der Waals surface area (Å²) in [6.45, 7) is 1.88. The summed E-state index contributed by atoms with van der Waals surface area (Å²) < 4.78 is 0. The van der Waals surface area contributed by atoms with E-state index in [0.717, 1.165) is 38.8 Å². The van der Waals surface area contributed by atoms with Crippen LogP contribution in [0.1, 0.15) is 32.1 Å². The van der Waals surface area contributed by atoms with Crippen LogP contribution in [0.2, 0.25) is 0 Å². The summed E-state index contributed by atoms with van der Waals surface area (Å²) in [5, 5.41) is 15.5. The molecule has 0 aromatic rings. The quantitative estimate of drug-likeness (QED) is 0.676. The maximum absolute atomic E-state index is 12.3. The summed E-state index contributed by atoms with van der Waals surface area (Å²) in [6.07, 6.45) is 4.32. The molecule has 3 heterocycles. The molecule has 0 aliphatic carbocycles. The summed E-state index contributed by atoms with van der Waals surface area (Å²) in [5.74, 6) is -1.12. The first-order valence-corrected chi connectivity index (χ1v) is 7.19. The van der Waals surface area contributed by atoms with Gasteiger partial charge < -0.3 is 20.6 Å². The summed E-state index contributed by atoms with van der Waals surface area (Å²) >= 11 is 0. The van der Waals surface area contributed by atoms with Gasteiger partial charge in [-0.15, -0.1) is 0 Å². The van der Waals surface area contributed by atoms with Gasteiger partial charge in [-0.3, -0.25) is 4.79 Å². The molecule has 3 aliphatic heterocycles. The third-order valence-corrected chi connectivity index (χ3v) is 4.76. The van der Waals surface area contributed by atoms with Gasteiger partial charge in [0.1, 0.15) is 0 Å². The first kappa shape index (κ1) is 12.7. The number of hydrogen-bond donors (Lipinski definition) is 3. The van der Waals surface area contributed by atoms with Crippen molar-refractivity contribution in [3.8, 4) is 0 Å². The van der Waals surface area contributed by atoms with Gasteiger partial charge in [0.2, 0.25) is 0 Å². The van der Waals surface area contributed by atoms with Crippen LogP contribution in [0.3, 0.4) is 0 Å². The third kappa shape index (κ3) is 2.29. The molecule has 0 saturated carbocycles. The van der Waals surface area contributed by atoms with Crippen LogP contribution in [0.25, 0.3) is 0 Å². The zero-order chi connectivity index (χ0) is 13.4. The highest BCUT2D eigenvalue weighted by Gasteiger charge is 2.51. The van der Waals surface area contributed by atoms with Gasteiger partial charge in [-0.25, -0.2) is 4.79 Å². The highest BCUT2D eigenvalue weighted by Crippen LogP contribution is 2.41. The van der Waals surface area contributed by atoms with Crippen molar-refractivity contribution >= 4 is 12.0 Å². The number of nitrogens with one attached hydrogen (secondary N) is 2. The van der Waals surface area contributed by atoms with Gasteiger partial charge in [0, 0.05) is 18.1 Å². The average molecular weight is 267 g/mol. The zero-order valence-electron chi connectivity index (χ0n) is 11.0. The van der Waals surface area contributed by atoms with Crippen LogP contribution in [-0.2, 0) is 4.79 Å². The number of carboxylic acids is 1. The van der Waals surface area contributed by atoms with Gasteiger partial charge in [-0.05, 0) is 45.2 Å². The van der Waals surface area contributed by atoms with Crippen LogP contribution >= 0.6 is 0 Å². The lowest BCUT2D eigenvalue weighted by atomic mass is 9.89. The molecule has 0 spiro atoms. The van der Waals surface area contributed by atoms with Gasteiger partial charge in [-0.2, -0.15) is 0 Å². The molecule has 6 nitrogen and oxygen atoms in total. The second-order valence-corrected chi connectivity index (χ2v) is 5.86. The Morgan fingerprint density at radius 3 is 2.53 bits per heavy atom.